The van der Waals surface area contributed by atoms with Crippen LogP contribution in [0.15, 0.2) is 54.1 Å². The van der Waals surface area contributed by atoms with Gasteiger partial charge in [0.05, 0.1) is 6.04 Å². The van der Waals surface area contributed by atoms with Crippen LogP contribution in [0.2, 0.25) is 0 Å². The molecule has 2 amide bonds. The van der Waals surface area contributed by atoms with Crippen molar-refractivity contribution in [2.24, 2.45) is 0 Å². The quantitative estimate of drug-likeness (QED) is 0.749. The maximum atomic E-state index is 13.3. The van der Waals surface area contributed by atoms with E-state index in [-0.39, 0.29) is 29.9 Å². The Morgan fingerprint density at radius 1 is 1.06 bits per heavy atom. The van der Waals surface area contributed by atoms with Gasteiger partial charge >= 0.3 is 0 Å². The summed E-state index contributed by atoms with van der Waals surface area (Å²) in [5, 5.41) is 4.05. The Bertz CT molecular complexity index is 1150. The van der Waals surface area contributed by atoms with Gasteiger partial charge in [-0.1, -0.05) is 18.2 Å². The van der Waals surface area contributed by atoms with E-state index in [1.165, 1.54) is 0 Å². The molecular formula is C26H32N4O3. The number of rotatable bonds is 4. The van der Waals surface area contributed by atoms with Crippen molar-refractivity contribution < 1.29 is 14.3 Å². The Kier molecular flexibility index (Phi) is 5.22. The number of carbonyl (C=O) groups excluding carboxylic acids is 2. The van der Waals surface area contributed by atoms with Crippen LogP contribution in [0.25, 0.3) is 10.9 Å². The first-order chi connectivity index (χ1) is 15.7. The molecule has 3 aliphatic heterocycles. The molecule has 2 N–H and O–H groups in total. The van der Waals surface area contributed by atoms with E-state index in [0.717, 1.165) is 48.1 Å². The van der Waals surface area contributed by atoms with Crippen LogP contribution in [-0.4, -0.2) is 57.4 Å². The van der Waals surface area contributed by atoms with E-state index in [4.69, 9.17) is 4.74 Å². The number of likely N-dealkylation sites (tertiary alicyclic amines) is 1. The van der Waals surface area contributed by atoms with Crippen molar-refractivity contribution in [3.05, 3.63) is 59.6 Å². The molecule has 1 saturated heterocycles. The molecule has 1 fully saturated rings. The monoisotopic (exact) mass is 448 g/mol. The molecule has 5 rings (SSSR count). The summed E-state index contributed by atoms with van der Waals surface area (Å²) < 4.78 is 6.32. The van der Waals surface area contributed by atoms with Gasteiger partial charge in [0.2, 0.25) is 5.91 Å². The third-order valence-electron chi connectivity index (χ3n) is 6.71. The van der Waals surface area contributed by atoms with Crippen LogP contribution in [-0.2, 0) is 14.3 Å². The molecule has 0 bridgehead atoms. The molecule has 3 aliphatic rings. The molecule has 174 valence electrons. The zero-order valence-electron chi connectivity index (χ0n) is 19.7. The first-order valence-corrected chi connectivity index (χ1v) is 11.8. The number of fused-ring (bicyclic) bond motifs is 1. The van der Waals surface area contributed by atoms with Gasteiger partial charge in [0, 0.05) is 59.6 Å². The topological polar surface area (TPSA) is 77.7 Å². The molecule has 2 atom stereocenters. The molecule has 0 saturated carbocycles. The number of hydrogen-bond donors (Lipinski definition) is 2. The third kappa shape index (κ3) is 4.01. The molecule has 1 aromatic carbocycles. The first-order valence-electron chi connectivity index (χ1n) is 11.8. The molecule has 7 heteroatoms. The van der Waals surface area contributed by atoms with Gasteiger partial charge in [-0.3, -0.25) is 9.59 Å². The van der Waals surface area contributed by atoms with Gasteiger partial charge in [-0.15, -0.1) is 0 Å². The van der Waals surface area contributed by atoms with Gasteiger partial charge in [0.1, 0.15) is 17.4 Å². The van der Waals surface area contributed by atoms with E-state index in [0.29, 0.717) is 5.76 Å². The highest BCUT2D eigenvalue weighted by atomic mass is 16.5. The number of amides is 2. The largest absolute Gasteiger partial charge is 0.490 e. The first kappa shape index (κ1) is 21.6. The SMILES string of the molecule is C[C@@H]1NC(=O)C=C1N1CCC(N2C(=O)C=C(OC(C)(C)C)[C@@H]2c2c[nH]c3ccccc23)CC1. The number of nitrogens with one attached hydrogen (secondary N) is 2. The maximum Gasteiger partial charge on any atom is 0.251 e. The van der Waals surface area contributed by atoms with Crippen LogP contribution in [0.4, 0.5) is 0 Å². The predicted molar refractivity (Wildman–Crippen MR) is 127 cm³/mol. The zero-order valence-corrected chi connectivity index (χ0v) is 19.7. The van der Waals surface area contributed by atoms with E-state index in [1.807, 2.05) is 50.9 Å². The summed E-state index contributed by atoms with van der Waals surface area (Å²) in [5.74, 6) is 0.691. The van der Waals surface area contributed by atoms with E-state index in [2.05, 4.69) is 27.3 Å². The summed E-state index contributed by atoms with van der Waals surface area (Å²) in [5.41, 5.74) is 2.77. The predicted octanol–water partition coefficient (Wildman–Crippen LogP) is 3.62. The minimum absolute atomic E-state index is 0.00766. The average molecular weight is 449 g/mol. The lowest BCUT2D eigenvalue weighted by atomic mass is 9.97. The number of H-pyrrole nitrogens is 1. The maximum absolute atomic E-state index is 13.3. The number of para-hydroxylation sites is 1. The van der Waals surface area contributed by atoms with Crippen molar-refractivity contribution in [3.63, 3.8) is 0 Å². The van der Waals surface area contributed by atoms with E-state index in [1.54, 1.807) is 12.2 Å². The number of hydrogen-bond acceptors (Lipinski definition) is 4. The zero-order chi connectivity index (χ0) is 23.3. The molecule has 7 nitrogen and oxygen atoms in total. The van der Waals surface area contributed by atoms with Crippen molar-refractivity contribution >= 4 is 22.7 Å². The number of nitrogens with zero attached hydrogens (tertiary/aromatic N) is 2. The highest BCUT2D eigenvalue weighted by Crippen LogP contribution is 2.42. The van der Waals surface area contributed by atoms with Crippen molar-refractivity contribution in [1.29, 1.82) is 0 Å². The minimum atomic E-state index is -0.402. The van der Waals surface area contributed by atoms with E-state index in [9.17, 15) is 9.59 Å². The molecule has 33 heavy (non-hydrogen) atoms. The highest BCUT2D eigenvalue weighted by Gasteiger charge is 2.43. The number of piperidine rings is 1. The van der Waals surface area contributed by atoms with Crippen LogP contribution >= 0.6 is 0 Å². The van der Waals surface area contributed by atoms with Crippen LogP contribution < -0.4 is 5.32 Å². The molecule has 0 aliphatic carbocycles. The fraction of sp³-hybridized carbons (Fsp3) is 0.462. The smallest absolute Gasteiger partial charge is 0.251 e. The summed E-state index contributed by atoms with van der Waals surface area (Å²) in [4.78, 5) is 32.7. The summed E-state index contributed by atoms with van der Waals surface area (Å²) in [6.07, 6.45) is 7.09. The summed E-state index contributed by atoms with van der Waals surface area (Å²) in [6.45, 7) is 9.68. The molecule has 1 aromatic heterocycles. The van der Waals surface area contributed by atoms with Crippen molar-refractivity contribution in [3.8, 4) is 0 Å². The molecule has 0 spiro atoms. The molecule has 2 aromatic rings. The van der Waals surface area contributed by atoms with Crippen LogP contribution in [0.5, 0.6) is 0 Å². The Morgan fingerprint density at radius 2 is 1.79 bits per heavy atom. The number of aromatic nitrogens is 1. The second-order valence-electron chi connectivity index (χ2n) is 10.2. The van der Waals surface area contributed by atoms with Crippen LogP contribution in [0.3, 0.4) is 0 Å². The Morgan fingerprint density at radius 3 is 2.45 bits per heavy atom. The van der Waals surface area contributed by atoms with Gasteiger partial charge in [-0.2, -0.15) is 0 Å². The van der Waals surface area contributed by atoms with Crippen LogP contribution in [0, 0.1) is 0 Å². The minimum Gasteiger partial charge on any atom is -0.490 e. The van der Waals surface area contributed by atoms with Crippen LogP contribution in [0.1, 0.15) is 52.1 Å². The lowest BCUT2D eigenvalue weighted by molar-refractivity contribution is -0.130. The van der Waals surface area contributed by atoms with E-state index < -0.39 is 5.60 Å². The lowest BCUT2D eigenvalue weighted by Gasteiger charge is -2.42. The van der Waals surface area contributed by atoms with Gasteiger partial charge in [0.15, 0.2) is 0 Å². The van der Waals surface area contributed by atoms with E-state index >= 15 is 0 Å². The highest BCUT2D eigenvalue weighted by molar-refractivity contribution is 5.94. The fourth-order valence-corrected chi connectivity index (χ4v) is 5.35. The lowest BCUT2D eigenvalue weighted by Crippen LogP contribution is -2.47. The number of ether oxygens (including phenoxy) is 1. The molecule has 4 heterocycles. The van der Waals surface area contributed by atoms with Gasteiger partial charge < -0.3 is 24.8 Å². The van der Waals surface area contributed by atoms with Gasteiger partial charge in [0.25, 0.3) is 5.91 Å². The Labute approximate surface area is 194 Å². The number of carbonyl (C=O) groups is 2. The molecule has 0 radical (unpaired) electrons. The van der Waals surface area contributed by atoms with Gasteiger partial charge in [-0.25, -0.2) is 0 Å². The number of aromatic amines is 1. The molecular weight excluding hydrogens is 416 g/mol. The third-order valence-corrected chi connectivity index (χ3v) is 6.71. The normalized spacial score (nSPS) is 24.4. The Hall–Kier alpha value is -3.22. The van der Waals surface area contributed by atoms with Gasteiger partial charge in [-0.05, 0) is 46.6 Å². The Balaban J connectivity index is 1.43. The number of benzene rings is 1. The van der Waals surface area contributed by atoms with Crippen molar-refractivity contribution in [2.45, 2.75) is 64.3 Å². The fourth-order valence-electron chi connectivity index (χ4n) is 5.35. The van der Waals surface area contributed by atoms with Crippen molar-refractivity contribution in [2.75, 3.05) is 13.1 Å². The summed E-state index contributed by atoms with van der Waals surface area (Å²) in [7, 11) is 0. The summed E-state index contributed by atoms with van der Waals surface area (Å²) >= 11 is 0. The van der Waals surface area contributed by atoms with Crippen molar-refractivity contribution in [1.82, 2.24) is 20.1 Å². The summed E-state index contributed by atoms with van der Waals surface area (Å²) in [6, 6.07) is 8.07. The average Bonchev–Trinajstić information content (AvgIpc) is 3.41. The second kappa shape index (κ2) is 7.97. The second-order valence-corrected chi connectivity index (χ2v) is 10.2. The standard InChI is InChI=1S/C26H32N4O3/c1-16-21(13-23(31)28-16)29-11-9-17(10-12-29)30-24(32)14-22(33-26(2,3)4)25(30)19-15-27-20-8-6-5-7-18(19)20/h5-8,13-17,25,27H,9-12H2,1-4H3,(H,28,31)/t16-,25-/m0/s1. The molecule has 0 unspecified atom stereocenters.